The maximum atomic E-state index is 5.51. The molecule has 7 heteroatoms. The van der Waals surface area contributed by atoms with Crippen molar-refractivity contribution >= 4 is 34.2 Å². The smallest absolute Gasteiger partial charge is 0.0701 e. The highest BCUT2D eigenvalue weighted by Crippen LogP contribution is 2.02. The summed E-state index contributed by atoms with van der Waals surface area (Å²) in [6.07, 6.45) is 5.04. The first-order chi connectivity index (χ1) is 11.4. The zero-order valence-electron chi connectivity index (χ0n) is 14.1. The molecule has 0 radical (unpaired) electrons. The van der Waals surface area contributed by atoms with Gasteiger partial charge in [0.15, 0.2) is 0 Å². The van der Waals surface area contributed by atoms with Crippen LogP contribution in [0, 0.1) is 0 Å². The highest BCUT2D eigenvalue weighted by atomic mass is 127. The van der Waals surface area contributed by atoms with Crippen LogP contribution >= 0.6 is 34.2 Å². The summed E-state index contributed by atoms with van der Waals surface area (Å²) in [5, 5.41) is 0. The van der Waals surface area contributed by atoms with Gasteiger partial charge in [0, 0.05) is 12.5 Å². The number of rotatable bonds is 20. The molecular formula is C16H32ClIO5. The predicted molar refractivity (Wildman–Crippen MR) is 102 cm³/mol. The molecule has 0 bridgehead atoms. The number of hydrogen-bond donors (Lipinski definition) is 0. The van der Waals surface area contributed by atoms with Gasteiger partial charge in [-0.05, 0) is 17.3 Å². The molecule has 0 N–H and O–H groups in total. The first kappa shape index (κ1) is 23.8. The topological polar surface area (TPSA) is 46.2 Å². The molecule has 0 saturated heterocycles. The predicted octanol–water partition coefficient (Wildman–Crippen LogP) is 3.30. The zero-order valence-corrected chi connectivity index (χ0v) is 17.0. The van der Waals surface area contributed by atoms with Gasteiger partial charge in [-0.2, -0.15) is 0 Å². The number of alkyl halides is 2. The second-order valence-electron chi connectivity index (χ2n) is 4.85. The Morgan fingerprint density at radius 1 is 0.478 bits per heavy atom. The summed E-state index contributed by atoms with van der Waals surface area (Å²) in [5.74, 6) is 0.521. The average molecular weight is 467 g/mol. The molecule has 0 aliphatic rings. The van der Waals surface area contributed by atoms with Gasteiger partial charge in [0.2, 0.25) is 0 Å². The van der Waals surface area contributed by atoms with Crippen LogP contribution < -0.4 is 0 Å². The molecule has 23 heavy (non-hydrogen) atoms. The van der Waals surface area contributed by atoms with Crippen molar-refractivity contribution < 1.29 is 23.7 Å². The third-order valence-corrected chi connectivity index (χ3v) is 3.80. The minimum Gasteiger partial charge on any atom is -0.379 e. The van der Waals surface area contributed by atoms with Crippen molar-refractivity contribution in [2.24, 2.45) is 0 Å². The van der Waals surface area contributed by atoms with E-state index in [2.05, 4.69) is 22.6 Å². The SMILES string of the molecule is ClCCOCCOCCOCCOCCOCCCCCCI. The van der Waals surface area contributed by atoms with Crippen LogP contribution in [-0.4, -0.2) is 76.4 Å². The molecule has 0 rings (SSSR count). The van der Waals surface area contributed by atoms with Crippen LogP contribution in [0.4, 0.5) is 0 Å². The van der Waals surface area contributed by atoms with Crippen LogP contribution in [0.1, 0.15) is 25.7 Å². The van der Waals surface area contributed by atoms with Crippen LogP contribution in [0.3, 0.4) is 0 Å². The molecule has 5 nitrogen and oxygen atoms in total. The lowest BCUT2D eigenvalue weighted by Gasteiger charge is -2.07. The molecule has 0 spiro atoms. The van der Waals surface area contributed by atoms with Gasteiger partial charge in [0.25, 0.3) is 0 Å². The lowest BCUT2D eigenvalue weighted by atomic mass is 10.2. The van der Waals surface area contributed by atoms with Crippen LogP contribution in [0.5, 0.6) is 0 Å². The van der Waals surface area contributed by atoms with Crippen molar-refractivity contribution in [2.45, 2.75) is 25.7 Å². The summed E-state index contributed by atoms with van der Waals surface area (Å²) in [7, 11) is 0. The summed E-state index contributed by atoms with van der Waals surface area (Å²) < 4.78 is 28.1. The van der Waals surface area contributed by atoms with E-state index in [4.69, 9.17) is 35.3 Å². The molecule has 0 aliphatic heterocycles. The average Bonchev–Trinajstić information content (AvgIpc) is 2.57. The Bertz CT molecular complexity index is 193. The first-order valence-corrected chi connectivity index (χ1v) is 10.5. The van der Waals surface area contributed by atoms with E-state index >= 15 is 0 Å². The number of hydrogen-bond acceptors (Lipinski definition) is 5. The monoisotopic (exact) mass is 466 g/mol. The minimum atomic E-state index is 0.521. The molecule has 0 aromatic heterocycles. The van der Waals surface area contributed by atoms with Gasteiger partial charge in [-0.3, -0.25) is 0 Å². The van der Waals surface area contributed by atoms with E-state index in [1.807, 2.05) is 0 Å². The standard InChI is InChI=1S/C16H32ClIO5/c17-5-8-20-10-12-22-14-16-23-15-13-21-11-9-19-7-4-2-1-3-6-18/h1-16H2. The lowest BCUT2D eigenvalue weighted by molar-refractivity contribution is -0.0103. The zero-order chi connectivity index (χ0) is 16.8. The van der Waals surface area contributed by atoms with Gasteiger partial charge < -0.3 is 23.7 Å². The fourth-order valence-electron chi connectivity index (χ4n) is 1.69. The van der Waals surface area contributed by atoms with Crippen molar-refractivity contribution in [1.82, 2.24) is 0 Å². The third kappa shape index (κ3) is 22.8. The lowest BCUT2D eigenvalue weighted by Crippen LogP contribution is -2.13. The minimum absolute atomic E-state index is 0.521. The van der Waals surface area contributed by atoms with Gasteiger partial charge in [-0.25, -0.2) is 0 Å². The fourth-order valence-corrected chi connectivity index (χ4v) is 2.34. The third-order valence-electron chi connectivity index (χ3n) is 2.88. The van der Waals surface area contributed by atoms with E-state index < -0.39 is 0 Å². The maximum absolute atomic E-state index is 5.51. The summed E-state index contributed by atoms with van der Waals surface area (Å²) in [6, 6.07) is 0. The fraction of sp³-hybridized carbons (Fsp3) is 1.00. The second-order valence-corrected chi connectivity index (χ2v) is 6.31. The summed E-state index contributed by atoms with van der Waals surface area (Å²) in [6.45, 7) is 6.19. The Labute approximate surface area is 159 Å². The van der Waals surface area contributed by atoms with Crippen LogP contribution in [-0.2, 0) is 23.7 Å². The first-order valence-electron chi connectivity index (χ1n) is 8.42. The summed E-state index contributed by atoms with van der Waals surface area (Å²) >= 11 is 7.90. The van der Waals surface area contributed by atoms with E-state index in [1.54, 1.807) is 0 Å². The molecule has 0 unspecified atom stereocenters. The van der Waals surface area contributed by atoms with E-state index in [0.717, 1.165) is 13.0 Å². The number of halogens is 2. The van der Waals surface area contributed by atoms with Crippen molar-refractivity contribution in [3.8, 4) is 0 Å². The van der Waals surface area contributed by atoms with Crippen LogP contribution in [0.25, 0.3) is 0 Å². The molecule has 140 valence electrons. The van der Waals surface area contributed by atoms with Gasteiger partial charge in [0.1, 0.15) is 0 Å². The summed E-state index contributed by atoms with van der Waals surface area (Å²) in [4.78, 5) is 0. The molecule has 0 aromatic rings. The number of unbranched alkanes of at least 4 members (excludes halogenated alkanes) is 3. The van der Waals surface area contributed by atoms with Crippen molar-refractivity contribution in [2.75, 3.05) is 76.4 Å². The van der Waals surface area contributed by atoms with Crippen molar-refractivity contribution in [1.29, 1.82) is 0 Å². The molecule has 0 atom stereocenters. The Hall–Kier alpha value is 0.820. The maximum Gasteiger partial charge on any atom is 0.0701 e. The summed E-state index contributed by atoms with van der Waals surface area (Å²) in [5.41, 5.74) is 0. The van der Waals surface area contributed by atoms with E-state index in [-0.39, 0.29) is 0 Å². The molecule has 0 heterocycles. The Morgan fingerprint density at radius 2 is 0.870 bits per heavy atom. The molecule has 0 aromatic carbocycles. The molecule has 0 amide bonds. The van der Waals surface area contributed by atoms with Gasteiger partial charge >= 0.3 is 0 Å². The van der Waals surface area contributed by atoms with Crippen molar-refractivity contribution in [3.05, 3.63) is 0 Å². The van der Waals surface area contributed by atoms with Gasteiger partial charge in [-0.1, -0.05) is 35.4 Å². The van der Waals surface area contributed by atoms with Gasteiger partial charge in [0.05, 0.1) is 59.5 Å². The highest BCUT2D eigenvalue weighted by molar-refractivity contribution is 14.1. The van der Waals surface area contributed by atoms with Gasteiger partial charge in [-0.15, -0.1) is 11.6 Å². The van der Waals surface area contributed by atoms with E-state index in [0.29, 0.717) is 65.3 Å². The highest BCUT2D eigenvalue weighted by Gasteiger charge is 1.94. The Morgan fingerprint density at radius 3 is 1.30 bits per heavy atom. The molecule has 0 fully saturated rings. The van der Waals surface area contributed by atoms with Crippen LogP contribution in [0.2, 0.25) is 0 Å². The molecular weight excluding hydrogens is 435 g/mol. The largest absolute Gasteiger partial charge is 0.379 e. The molecule has 0 aliphatic carbocycles. The quantitative estimate of drug-likeness (QED) is 0.156. The Kier molecular flexibility index (Phi) is 23.6. The van der Waals surface area contributed by atoms with E-state index in [9.17, 15) is 0 Å². The molecule has 0 saturated carbocycles. The van der Waals surface area contributed by atoms with Crippen molar-refractivity contribution in [3.63, 3.8) is 0 Å². The van der Waals surface area contributed by atoms with Crippen LogP contribution in [0.15, 0.2) is 0 Å². The number of ether oxygens (including phenoxy) is 5. The van der Waals surface area contributed by atoms with E-state index in [1.165, 1.54) is 23.7 Å². The normalized spacial score (nSPS) is 11.2. The Balaban J connectivity index is 2.92. The second kappa shape index (κ2) is 22.8.